The fraction of sp³-hybridized carbons (Fsp3) is 0. The molecule has 0 unspecified atom stereocenters. The minimum absolute atomic E-state index is 0.685. The zero-order valence-electron chi connectivity index (χ0n) is 8.05. The molecular formula is C11H7BrClIN2. The van der Waals surface area contributed by atoms with Crippen molar-refractivity contribution >= 4 is 61.6 Å². The summed E-state index contributed by atoms with van der Waals surface area (Å²) in [6.45, 7) is 0. The van der Waals surface area contributed by atoms with Gasteiger partial charge in [-0.05, 0) is 68.9 Å². The Hall–Kier alpha value is -0.330. The Morgan fingerprint density at radius 2 is 2.12 bits per heavy atom. The maximum Gasteiger partial charge on any atom is 0.144 e. The quantitative estimate of drug-likeness (QED) is 0.718. The van der Waals surface area contributed by atoms with Crippen LogP contribution in [0, 0.1) is 3.57 Å². The maximum absolute atomic E-state index is 6.12. The van der Waals surface area contributed by atoms with Crippen LogP contribution < -0.4 is 5.32 Å². The predicted octanol–water partition coefficient (Wildman–Crippen LogP) is 4.85. The molecule has 0 amide bonds. The second-order valence-electron chi connectivity index (χ2n) is 3.08. The van der Waals surface area contributed by atoms with Gasteiger partial charge in [0.1, 0.15) is 5.82 Å². The molecule has 2 aromatic rings. The van der Waals surface area contributed by atoms with Crippen LogP contribution in [-0.4, -0.2) is 4.98 Å². The zero-order valence-corrected chi connectivity index (χ0v) is 12.5. The fourth-order valence-corrected chi connectivity index (χ4v) is 2.45. The molecule has 2 rings (SSSR count). The minimum atomic E-state index is 0.685. The number of pyridine rings is 1. The van der Waals surface area contributed by atoms with Crippen LogP contribution >= 0.6 is 50.1 Å². The fourth-order valence-electron chi connectivity index (χ4n) is 1.20. The van der Waals surface area contributed by atoms with Crippen molar-refractivity contribution < 1.29 is 0 Å². The van der Waals surface area contributed by atoms with Crippen LogP contribution in [0.15, 0.2) is 41.0 Å². The number of benzene rings is 1. The summed E-state index contributed by atoms with van der Waals surface area (Å²) in [5.41, 5.74) is 0.849. The highest BCUT2D eigenvalue weighted by molar-refractivity contribution is 14.1. The summed E-state index contributed by atoms with van der Waals surface area (Å²) in [6.07, 6.45) is 1.73. The monoisotopic (exact) mass is 408 g/mol. The number of anilines is 2. The minimum Gasteiger partial charge on any atom is -0.338 e. The van der Waals surface area contributed by atoms with E-state index in [1.54, 1.807) is 6.20 Å². The first-order valence-electron chi connectivity index (χ1n) is 4.49. The normalized spacial score (nSPS) is 10.2. The van der Waals surface area contributed by atoms with Crippen LogP contribution in [0.5, 0.6) is 0 Å². The molecule has 0 bridgehead atoms. The van der Waals surface area contributed by atoms with Crippen molar-refractivity contribution in [2.24, 2.45) is 0 Å². The van der Waals surface area contributed by atoms with Crippen molar-refractivity contribution in [2.75, 3.05) is 5.32 Å². The van der Waals surface area contributed by atoms with Gasteiger partial charge in [-0.15, -0.1) is 0 Å². The van der Waals surface area contributed by atoms with E-state index in [0.29, 0.717) is 5.02 Å². The first-order chi connectivity index (χ1) is 7.66. The summed E-state index contributed by atoms with van der Waals surface area (Å²) in [5.74, 6) is 0.755. The highest BCUT2D eigenvalue weighted by atomic mass is 127. The van der Waals surface area contributed by atoms with Crippen molar-refractivity contribution in [3.63, 3.8) is 0 Å². The Kier molecular flexibility index (Phi) is 4.05. The van der Waals surface area contributed by atoms with Gasteiger partial charge in [0.15, 0.2) is 0 Å². The summed E-state index contributed by atoms with van der Waals surface area (Å²) >= 11 is 11.8. The van der Waals surface area contributed by atoms with E-state index >= 15 is 0 Å². The smallest absolute Gasteiger partial charge is 0.144 e. The molecule has 1 heterocycles. The lowest BCUT2D eigenvalue weighted by molar-refractivity contribution is 1.29. The van der Waals surface area contributed by atoms with Gasteiger partial charge in [-0.1, -0.05) is 11.6 Å². The molecule has 1 N–H and O–H groups in total. The van der Waals surface area contributed by atoms with Crippen molar-refractivity contribution in [1.29, 1.82) is 0 Å². The molecule has 0 saturated heterocycles. The highest BCUT2D eigenvalue weighted by Gasteiger charge is 2.04. The molecular weight excluding hydrogens is 402 g/mol. The molecule has 0 aliphatic heterocycles. The van der Waals surface area contributed by atoms with Gasteiger partial charge in [0.05, 0.1) is 15.2 Å². The van der Waals surface area contributed by atoms with Crippen LogP contribution in [-0.2, 0) is 0 Å². The summed E-state index contributed by atoms with van der Waals surface area (Å²) in [6, 6.07) is 9.62. The molecule has 0 aliphatic carbocycles. The van der Waals surface area contributed by atoms with Crippen LogP contribution in [0.4, 0.5) is 11.5 Å². The van der Waals surface area contributed by atoms with E-state index in [9.17, 15) is 0 Å². The lowest BCUT2D eigenvalue weighted by atomic mass is 10.3. The van der Waals surface area contributed by atoms with E-state index < -0.39 is 0 Å². The maximum atomic E-state index is 6.12. The SMILES string of the molecule is Clc1cc(I)ccc1Nc1ncccc1Br. The molecule has 16 heavy (non-hydrogen) atoms. The first kappa shape index (κ1) is 12.1. The van der Waals surface area contributed by atoms with E-state index in [1.807, 2.05) is 30.3 Å². The number of rotatable bonds is 2. The third-order valence-electron chi connectivity index (χ3n) is 1.94. The third-order valence-corrected chi connectivity index (χ3v) is 3.57. The molecule has 0 radical (unpaired) electrons. The Morgan fingerprint density at radius 1 is 1.31 bits per heavy atom. The molecule has 0 atom stereocenters. The number of hydrogen-bond donors (Lipinski definition) is 1. The Morgan fingerprint density at radius 3 is 2.81 bits per heavy atom. The Labute approximate surface area is 121 Å². The van der Waals surface area contributed by atoms with Gasteiger partial charge in [-0.2, -0.15) is 0 Å². The van der Waals surface area contributed by atoms with Gasteiger partial charge in [0.25, 0.3) is 0 Å². The van der Waals surface area contributed by atoms with Crippen molar-refractivity contribution in [1.82, 2.24) is 4.98 Å². The average Bonchev–Trinajstić information content (AvgIpc) is 2.25. The topological polar surface area (TPSA) is 24.9 Å². The van der Waals surface area contributed by atoms with Crippen LogP contribution in [0.3, 0.4) is 0 Å². The molecule has 1 aromatic carbocycles. The van der Waals surface area contributed by atoms with Gasteiger partial charge >= 0.3 is 0 Å². The van der Waals surface area contributed by atoms with Crippen LogP contribution in [0.1, 0.15) is 0 Å². The second-order valence-corrected chi connectivity index (χ2v) is 5.59. The standard InChI is InChI=1S/C11H7BrClIN2/c12-8-2-1-5-15-11(8)16-10-4-3-7(14)6-9(10)13/h1-6H,(H,15,16). The summed E-state index contributed by atoms with van der Waals surface area (Å²) in [5, 5.41) is 3.86. The van der Waals surface area contributed by atoms with E-state index in [0.717, 1.165) is 19.5 Å². The summed E-state index contributed by atoms with van der Waals surface area (Å²) in [4.78, 5) is 4.22. The van der Waals surface area contributed by atoms with E-state index in [1.165, 1.54) is 0 Å². The molecule has 5 heteroatoms. The van der Waals surface area contributed by atoms with E-state index in [-0.39, 0.29) is 0 Å². The van der Waals surface area contributed by atoms with Gasteiger partial charge < -0.3 is 5.32 Å². The van der Waals surface area contributed by atoms with Gasteiger partial charge in [-0.3, -0.25) is 0 Å². The number of halogens is 3. The highest BCUT2D eigenvalue weighted by Crippen LogP contribution is 2.29. The second kappa shape index (κ2) is 5.33. The first-order valence-corrected chi connectivity index (χ1v) is 6.74. The molecule has 82 valence electrons. The van der Waals surface area contributed by atoms with Gasteiger partial charge in [0, 0.05) is 9.77 Å². The van der Waals surface area contributed by atoms with Crippen molar-refractivity contribution in [2.45, 2.75) is 0 Å². The number of hydrogen-bond acceptors (Lipinski definition) is 2. The van der Waals surface area contributed by atoms with Crippen LogP contribution in [0.25, 0.3) is 0 Å². The predicted molar refractivity (Wildman–Crippen MR) is 79.4 cm³/mol. The number of nitrogens with zero attached hydrogens (tertiary/aromatic N) is 1. The Bertz CT molecular complexity index is 519. The third kappa shape index (κ3) is 2.87. The molecule has 0 fully saturated rings. The molecule has 1 aromatic heterocycles. The van der Waals surface area contributed by atoms with Crippen molar-refractivity contribution in [3.8, 4) is 0 Å². The largest absolute Gasteiger partial charge is 0.338 e. The summed E-state index contributed by atoms with van der Waals surface area (Å²) < 4.78 is 2.01. The molecule has 0 saturated carbocycles. The lowest BCUT2D eigenvalue weighted by Crippen LogP contribution is -1.95. The number of nitrogens with one attached hydrogen (secondary N) is 1. The van der Waals surface area contributed by atoms with Crippen LogP contribution in [0.2, 0.25) is 5.02 Å². The van der Waals surface area contributed by atoms with E-state index in [4.69, 9.17) is 11.6 Å². The average molecular weight is 409 g/mol. The lowest BCUT2D eigenvalue weighted by Gasteiger charge is -2.09. The summed E-state index contributed by atoms with van der Waals surface area (Å²) in [7, 11) is 0. The van der Waals surface area contributed by atoms with Crippen molar-refractivity contribution in [3.05, 3.63) is 49.6 Å². The molecule has 0 spiro atoms. The zero-order chi connectivity index (χ0) is 11.5. The van der Waals surface area contributed by atoms with Gasteiger partial charge in [0.2, 0.25) is 0 Å². The van der Waals surface area contributed by atoms with Gasteiger partial charge in [-0.25, -0.2) is 4.98 Å². The molecule has 0 aliphatic rings. The molecule has 2 nitrogen and oxygen atoms in total. The van der Waals surface area contributed by atoms with E-state index in [2.05, 4.69) is 48.8 Å². The number of aromatic nitrogens is 1. The Balaban J connectivity index is 2.31.